The van der Waals surface area contributed by atoms with Crippen LogP contribution in [0.5, 0.6) is 0 Å². The average Bonchev–Trinajstić information content (AvgIpc) is 2.35. The minimum Gasteiger partial charge on any atom is -0.396 e. The maximum absolute atomic E-state index is 9.16. The summed E-state index contributed by atoms with van der Waals surface area (Å²) < 4.78 is 0. The monoisotopic (exact) mass is 266 g/mol. The van der Waals surface area contributed by atoms with E-state index in [1.807, 2.05) is 6.07 Å². The maximum Gasteiger partial charge on any atom is 0.131 e. The molecule has 3 N–H and O–H groups in total. The number of hydrogen-bond acceptors (Lipinski definition) is 5. The zero-order valence-electron chi connectivity index (χ0n) is 12.4. The molecule has 1 heterocycles. The Morgan fingerprint density at radius 2 is 1.95 bits per heavy atom. The van der Waals surface area contributed by atoms with E-state index in [1.165, 1.54) is 0 Å². The number of aliphatic hydroxyl groups is 1. The molecule has 0 bridgehead atoms. The van der Waals surface area contributed by atoms with Crippen LogP contribution >= 0.6 is 0 Å². The predicted octanol–water partition coefficient (Wildman–Crippen LogP) is 2.51. The molecule has 1 atom stereocenters. The Morgan fingerprint density at radius 1 is 1.26 bits per heavy atom. The zero-order valence-corrected chi connectivity index (χ0v) is 12.4. The molecule has 0 saturated heterocycles. The van der Waals surface area contributed by atoms with Gasteiger partial charge in [-0.05, 0) is 18.3 Å². The summed E-state index contributed by atoms with van der Waals surface area (Å²) in [5.41, 5.74) is 0.0602. The first-order chi connectivity index (χ1) is 8.97. The van der Waals surface area contributed by atoms with Crippen LogP contribution in [0, 0.1) is 5.41 Å². The molecule has 5 nitrogen and oxygen atoms in total. The topological polar surface area (TPSA) is 70.1 Å². The van der Waals surface area contributed by atoms with Crippen LogP contribution in [0.15, 0.2) is 12.4 Å². The minimum absolute atomic E-state index is 0.0602. The van der Waals surface area contributed by atoms with Crippen molar-refractivity contribution in [1.82, 2.24) is 9.97 Å². The van der Waals surface area contributed by atoms with E-state index >= 15 is 0 Å². The van der Waals surface area contributed by atoms with Gasteiger partial charge in [0, 0.05) is 25.3 Å². The van der Waals surface area contributed by atoms with Gasteiger partial charge in [-0.1, -0.05) is 27.7 Å². The van der Waals surface area contributed by atoms with Crippen molar-refractivity contribution in [1.29, 1.82) is 0 Å². The van der Waals surface area contributed by atoms with Gasteiger partial charge >= 0.3 is 0 Å². The van der Waals surface area contributed by atoms with Gasteiger partial charge in [0.25, 0.3) is 0 Å². The second-order valence-corrected chi connectivity index (χ2v) is 5.79. The van der Waals surface area contributed by atoms with Gasteiger partial charge in [0.2, 0.25) is 0 Å². The molecule has 0 fully saturated rings. The molecule has 0 aliphatic heterocycles. The molecule has 1 unspecified atom stereocenters. The Balaban J connectivity index is 2.73. The second kappa shape index (κ2) is 7.28. The summed E-state index contributed by atoms with van der Waals surface area (Å²) in [4.78, 5) is 8.42. The highest BCUT2D eigenvalue weighted by Crippen LogP contribution is 2.25. The van der Waals surface area contributed by atoms with Gasteiger partial charge in [0.15, 0.2) is 0 Å². The van der Waals surface area contributed by atoms with Crippen molar-refractivity contribution in [3.05, 3.63) is 12.4 Å². The molecule has 0 aliphatic rings. The lowest BCUT2D eigenvalue weighted by molar-refractivity contribution is 0.235. The van der Waals surface area contributed by atoms with Crippen LogP contribution in [0.2, 0.25) is 0 Å². The predicted molar refractivity (Wildman–Crippen MR) is 79.4 cm³/mol. The lowest BCUT2D eigenvalue weighted by Gasteiger charge is -2.31. The van der Waals surface area contributed by atoms with Crippen molar-refractivity contribution in [3.8, 4) is 0 Å². The summed E-state index contributed by atoms with van der Waals surface area (Å²) in [6, 6.07) is 2.08. The summed E-state index contributed by atoms with van der Waals surface area (Å²) >= 11 is 0. The van der Waals surface area contributed by atoms with Gasteiger partial charge in [-0.2, -0.15) is 0 Å². The Morgan fingerprint density at radius 3 is 2.53 bits per heavy atom. The maximum atomic E-state index is 9.16. The summed E-state index contributed by atoms with van der Waals surface area (Å²) in [6.45, 7) is 9.63. The molecule has 0 aromatic carbocycles. The van der Waals surface area contributed by atoms with Gasteiger partial charge in [-0.3, -0.25) is 0 Å². The van der Waals surface area contributed by atoms with Crippen LogP contribution in [0.4, 0.5) is 11.6 Å². The Labute approximate surface area is 115 Å². The summed E-state index contributed by atoms with van der Waals surface area (Å²) in [7, 11) is 0. The molecule has 1 aromatic rings. The second-order valence-electron chi connectivity index (χ2n) is 5.79. The first-order valence-corrected chi connectivity index (χ1v) is 6.90. The van der Waals surface area contributed by atoms with Crippen molar-refractivity contribution in [2.24, 2.45) is 5.41 Å². The number of nitrogens with zero attached hydrogens (tertiary/aromatic N) is 2. The van der Waals surface area contributed by atoms with Crippen LogP contribution < -0.4 is 10.6 Å². The van der Waals surface area contributed by atoms with Gasteiger partial charge in [-0.25, -0.2) is 9.97 Å². The van der Waals surface area contributed by atoms with E-state index in [2.05, 4.69) is 48.3 Å². The fraction of sp³-hybridized carbons (Fsp3) is 0.714. The number of rotatable bonds is 7. The van der Waals surface area contributed by atoms with Crippen molar-refractivity contribution >= 4 is 11.6 Å². The van der Waals surface area contributed by atoms with Gasteiger partial charge < -0.3 is 15.7 Å². The molecule has 0 amide bonds. The quantitative estimate of drug-likeness (QED) is 0.707. The number of hydrogen-bond donors (Lipinski definition) is 3. The molecular weight excluding hydrogens is 240 g/mol. The van der Waals surface area contributed by atoms with Crippen molar-refractivity contribution in [2.75, 3.05) is 23.8 Å². The zero-order chi connectivity index (χ0) is 14.3. The van der Waals surface area contributed by atoms with Gasteiger partial charge in [-0.15, -0.1) is 0 Å². The molecular formula is C14H26N4O. The number of aromatic nitrogens is 2. The standard InChI is InChI=1S/C14H26N4O/c1-5-7-15-12-9-13(17-10-16-12)18-11(6-8-19)14(2,3)4/h9-11,19H,5-8H2,1-4H3,(H2,15,16,17,18). The largest absolute Gasteiger partial charge is 0.396 e. The Bertz CT molecular complexity index is 376. The molecule has 0 saturated carbocycles. The van der Waals surface area contributed by atoms with E-state index in [4.69, 9.17) is 5.11 Å². The summed E-state index contributed by atoms with van der Waals surface area (Å²) in [5, 5.41) is 15.8. The van der Waals surface area contributed by atoms with Crippen LogP contribution in [-0.4, -0.2) is 34.3 Å². The smallest absolute Gasteiger partial charge is 0.131 e. The Hall–Kier alpha value is -1.36. The highest BCUT2D eigenvalue weighted by molar-refractivity contribution is 5.47. The SMILES string of the molecule is CCCNc1cc(NC(CCO)C(C)(C)C)ncn1. The van der Waals surface area contributed by atoms with Crippen molar-refractivity contribution < 1.29 is 5.11 Å². The van der Waals surface area contributed by atoms with Gasteiger partial charge in [0.1, 0.15) is 18.0 Å². The lowest BCUT2D eigenvalue weighted by Crippen LogP contribution is -2.35. The number of nitrogens with one attached hydrogen (secondary N) is 2. The fourth-order valence-corrected chi connectivity index (χ4v) is 1.82. The summed E-state index contributed by atoms with van der Waals surface area (Å²) in [6.07, 6.45) is 3.31. The third-order valence-electron chi connectivity index (χ3n) is 3.01. The van der Waals surface area contributed by atoms with E-state index in [9.17, 15) is 0 Å². The third-order valence-corrected chi connectivity index (χ3v) is 3.01. The first kappa shape index (κ1) is 15.7. The van der Waals surface area contributed by atoms with E-state index in [0.717, 1.165) is 24.6 Å². The molecule has 0 spiro atoms. The molecule has 19 heavy (non-hydrogen) atoms. The molecule has 0 aliphatic carbocycles. The number of aliphatic hydroxyl groups excluding tert-OH is 1. The van der Waals surface area contributed by atoms with Crippen LogP contribution in [0.3, 0.4) is 0 Å². The molecule has 5 heteroatoms. The molecule has 0 radical (unpaired) electrons. The highest BCUT2D eigenvalue weighted by atomic mass is 16.3. The fourth-order valence-electron chi connectivity index (χ4n) is 1.82. The minimum atomic E-state index is 0.0602. The van der Waals surface area contributed by atoms with Crippen LogP contribution in [0.25, 0.3) is 0 Å². The Kier molecular flexibility index (Phi) is 6.02. The van der Waals surface area contributed by atoms with E-state index in [-0.39, 0.29) is 18.1 Å². The number of anilines is 2. The molecule has 1 aromatic heterocycles. The highest BCUT2D eigenvalue weighted by Gasteiger charge is 2.24. The van der Waals surface area contributed by atoms with Crippen LogP contribution in [-0.2, 0) is 0 Å². The lowest BCUT2D eigenvalue weighted by atomic mass is 9.85. The van der Waals surface area contributed by atoms with Crippen molar-refractivity contribution in [2.45, 2.75) is 46.6 Å². The normalized spacial score (nSPS) is 13.1. The summed E-state index contributed by atoms with van der Waals surface area (Å²) in [5.74, 6) is 1.62. The van der Waals surface area contributed by atoms with E-state index < -0.39 is 0 Å². The average molecular weight is 266 g/mol. The molecule has 1 rings (SSSR count). The van der Waals surface area contributed by atoms with Crippen molar-refractivity contribution in [3.63, 3.8) is 0 Å². The van der Waals surface area contributed by atoms with E-state index in [1.54, 1.807) is 6.33 Å². The van der Waals surface area contributed by atoms with E-state index in [0.29, 0.717) is 6.42 Å². The molecule has 108 valence electrons. The first-order valence-electron chi connectivity index (χ1n) is 6.90. The van der Waals surface area contributed by atoms with Gasteiger partial charge in [0.05, 0.1) is 0 Å². The van der Waals surface area contributed by atoms with Crippen LogP contribution in [0.1, 0.15) is 40.5 Å². The third kappa shape index (κ3) is 5.42.